The Hall–Kier alpha value is -3.15. The third-order valence-electron chi connectivity index (χ3n) is 5.03. The van der Waals surface area contributed by atoms with Crippen molar-refractivity contribution in [3.05, 3.63) is 65.7 Å². The van der Waals surface area contributed by atoms with Gasteiger partial charge in [0.15, 0.2) is 5.78 Å². The quantitative estimate of drug-likeness (QED) is 0.782. The molecule has 1 saturated heterocycles. The molecule has 28 heavy (non-hydrogen) atoms. The van der Waals surface area contributed by atoms with Crippen LogP contribution in [0.5, 0.6) is 5.75 Å². The molecule has 1 aliphatic heterocycles. The van der Waals surface area contributed by atoms with Crippen LogP contribution in [0.3, 0.4) is 0 Å². The van der Waals surface area contributed by atoms with E-state index in [0.717, 1.165) is 5.75 Å². The van der Waals surface area contributed by atoms with Crippen molar-refractivity contribution in [3.63, 3.8) is 0 Å². The summed E-state index contributed by atoms with van der Waals surface area (Å²) in [5.74, 6) is 0.344. The molecule has 2 amide bonds. The molecular weight excluding hydrogens is 356 g/mol. The average Bonchev–Trinajstić information content (AvgIpc) is 2.77. The second kappa shape index (κ2) is 9.17. The standard InChI is InChI=1S/C22H24N2O4/c1-28-19-9-7-16(8-10-19)21(26)17-11-13-24(14-12-17)20(25)15-23-22(27)18-5-3-2-4-6-18/h2-10,17H,11-15H2,1H3,(H,23,27). The highest BCUT2D eigenvalue weighted by atomic mass is 16.5. The Morgan fingerprint density at radius 2 is 1.61 bits per heavy atom. The number of carbonyl (C=O) groups excluding carboxylic acids is 3. The topological polar surface area (TPSA) is 75.7 Å². The summed E-state index contributed by atoms with van der Waals surface area (Å²) in [7, 11) is 1.59. The van der Waals surface area contributed by atoms with Crippen LogP contribution in [0.4, 0.5) is 0 Å². The van der Waals surface area contributed by atoms with Crippen LogP contribution in [-0.4, -0.2) is 49.2 Å². The summed E-state index contributed by atoms with van der Waals surface area (Å²) in [6.45, 7) is 1.00. The number of hydrogen-bond donors (Lipinski definition) is 1. The summed E-state index contributed by atoms with van der Waals surface area (Å²) in [5.41, 5.74) is 1.19. The number of Topliss-reactive ketones (excluding diaryl/α,β-unsaturated/α-hetero) is 1. The van der Waals surface area contributed by atoms with Gasteiger partial charge in [-0.3, -0.25) is 14.4 Å². The summed E-state index contributed by atoms with van der Waals surface area (Å²) < 4.78 is 5.12. The Kier molecular flexibility index (Phi) is 6.42. The van der Waals surface area contributed by atoms with Crippen LogP contribution in [0.25, 0.3) is 0 Å². The molecule has 0 bridgehead atoms. The van der Waals surface area contributed by atoms with Crippen molar-refractivity contribution in [3.8, 4) is 5.75 Å². The van der Waals surface area contributed by atoms with Gasteiger partial charge in [0.2, 0.25) is 5.91 Å². The second-order valence-corrected chi connectivity index (χ2v) is 6.80. The number of nitrogens with one attached hydrogen (secondary N) is 1. The van der Waals surface area contributed by atoms with Crippen LogP contribution < -0.4 is 10.1 Å². The Morgan fingerprint density at radius 3 is 2.21 bits per heavy atom. The number of ketones is 1. The lowest BCUT2D eigenvalue weighted by Gasteiger charge is -2.31. The molecule has 0 aliphatic carbocycles. The monoisotopic (exact) mass is 380 g/mol. The number of carbonyl (C=O) groups is 3. The average molecular weight is 380 g/mol. The molecule has 0 spiro atoms. The van der Waals surface area contributed by atoms with Crippen LogP contribution in [0.2, 0.25) is 0 Å². The number of nitrogens with zero attached hydrogens (tertiary/aromatic N) is 1. The molecule has 0 saturated carbocycles. The Balaban J connectivity index is 1.47. The summed E-state index contributed by atoms with van der Waals surface area (Å²) in [6.07, 6.45) is 1.26. The molecule has 1 aliphatic rings. The van der Waals surface area contributed by atoms with Crippen LogP contribution >= 0.6 is 0 Å². The highest BCUT2D eigenvalue weighted by Crippen LogP contribution is 2.23. The lowest BCUT2D eigenvalue weighted by molar-refractivity contribution is -0.131. The minimum absolute atomic E-state index is 0.0369. The molecule has 0 unspecified atom stereocenters. The SMILES string of the molecule is COc1ccc(C(=O)C2CCN(C(=O)CNC(=O)c3ccccc3)CC2)cc1. The first-order valence-electron chi connectivity index (χ1n) is 9.38. The van der Waals surface area contributed by atoms with Gasteiger partial charge in [0.1, 0.15) is 5.75 Å². The number of piperidine rings is 1. The molecule has 6 heteroatoms. The van der Waals surface area contributed by atoms with E-state index >= 15 is 0 Å². The zero-order chi connectivity index (χ0) is 19.9. The van der Waals surface area contributed by atoms with Crippen LogP contribution in [0, 0.1) is 5.92 Å². The first kappa shape index (κ1) is 19.6. The fourth-order valence-corrected chi connectivity index (χ4v) is 3.34. The van der Waals surface area contributed by atoms with E-state index in [1.54, 1.807) is 60.5 Å². The highest BCUT2D eigenvalue weighted by Gasteiger charge is 2.28. The van der Waals surface area contributed by atoms with Crippen LogP contribution in [-0.2, 0) is 4.79 Å². The second-order valence-electron chi connectivity index (χ2n) is 6.80. The van der Waals surface area contributed by atoms with Gasteiger partial charge in [-0.15, -0.1) is 0 Å². The maximum atomic E-state index is 12.6. The number of amides is 2. The fourth-order valence-electron chi connectivity index (χ4n) is 3.34. The van der Waals surface area contributed by atoms with E-state index in [1.165, 1.54) is 0 Å². The third-order valence-corrected chi connectivity index (χ3v) is 5.03. The van der Waals surface area contributed by atoms with Gasteiger partial charge < -0.3 is 15.0 Å². The van der Waals surface area contributed by atoms with Gasteiger partial charge in [-0.25, -0.2) is 0 Å². The molecule has 1 N–H and O–H groups in total. The summed E-state index contributed by atoms with van der Waals surface area (Å²) in [4.78, 5) is 38.8. The molecule has 2 aromatic rings. The summed E-state index contributed by atoms with van der Waals surface area (Å²) in [5, 5.41) is 2.66. The molecule has 6 nitrogen and oxygen atoms in total. The number of hydrogen-bond acceptors (Lipinski definition) is 4. The molecule has 1 fully saturated rings. The number of methoxy groups -OCH3 is 1. The van der Waals surface area contributed by atoms with E-state index in [-0.39, 0.29) is 30.1 Å². The lowest BCUT2D eigenvalue weighted by atomic mass is 9.89. The van der Waals surface area contributed by atoms with Crippen molar-refractivity contribution >= 4 is 17.6 Å². The minimum Gasteiger partial charge on any atom is -0.497 e. The molecule has 146 valence electrons. The zero-order valence-electron chi connectivity index (χ0n) is 15.9. The van der Waals surface area contributed by atoms with Gasteiger partial charge in [-0.05, 0) is 49.2 Å². The number of rotatable bonds is 6. The number of likely N-dealkylation sites (tertiary alicyclic amines) is 1. The molecular formula is C22H24N2O4. The Labute approximate surface area is 164 Å². The predicted octanol–water partition coefficient (Wildman–Crippen LogP) is 2.55. The summed E-state index contributed by atoms with van der Waals surface area (Å²) >= 11 is 0. The molecule has 0 radical (unpaired) electrons. The van der Waals surface area contributed by atoms with E-state index in [0.29, 0.717) is 37.1 Å². The lowest BCUT2D eigenvalue weighted by Crippen LogP contribution is -2.45. The number of benzene rings is 2. The zero-order valence-corrected chi connectivity index (χ0v) is 15.9. The molecule has 1 heterocycles. The van der Waals surface area contributed by atoms with E-state index < -0.39 is 0 Å². The predicted molar refractivity (Wildman–Crippen MR) is 105 cm³/mol. The van der Waals surface area contributed by atoms with Gasteiger partial charge in [-0.1, -0.05) is 18.2 Å². The van der Waals surface area contributed by atoms with Crippen LogP contribution in [0.1, 0.15) is 33.6 Å². The smallest absolute Gasteiger partial charge is 0.251 e. The first-order chi connectivity index (χ1) is 13.6. The molecule has 3 rings (SSSR count). The van der Waals surface area contributed by atoms with Crippen molar-refractivity contribution in [1.29, 1.82) is 0 Å². The molecule has 2 aromatic carbocycles. The van der Waals surface area contributed by atoms with Crippen molar-refractivity contribution in [1.82, 2.24) is 10.2 Å². The minimum atomic E-state index is -0.265. The van der Waals surface area contributed by atoms with Gasteiger partial charge in [0, 0.05) is 30.1 Å². The van der Waals surface area contributed by atoms with Gasteiger partial charge in [-0.2, -0.15) is 0 Å². The molecule has 0 atom stereocenters. The van der Waals surface area contributed by atoms with Gasteiger partial charge >= 0.3 is 0 Å². The van der Waals surface area contributed by atoms with Gasteiger partial charge in [0.25, 0.3) is 5.91 Å². The largest absolute Gasteiger partial charge is 0.497 e. The van der Waals surface area contributed by atoms with Crippen molar-refractivity contribution in [2.24, 2.45) is 5.92 Å². The van der Waals surface area contributed by atoms with E-state index in [4.69, 9.17) is 4.74 Å². The van der Waals surface area contributed by atoms with Crippen molar-refractivity contribution < 1.29 is 19.1 Å². The third kappa shape index (κ3) is 4.76. The highest BCUT2D eigenvalue weighted by molar-refractivity contribution is 5.98. The van der Waals surface area contributed by atoms with Crippen molar-refractivity contribution in [2.75, 3.05) is 26.7 Å². The van der Waals surface area contributed by atoms with E-state index in [9.17, 15) is 14.4 Å². The summed E-state index contributed by atoms with van der Waals surface area (Å²) in [6, 6.07) is 15.9. The Bertz CT molecular complexity index is 825. The van der Waals surface area contributed by atoms with Gasteiger partial charge in [0.05, 0.1) is 13.7 Å². The van der Waals surface area contributed by atoms with E-state index in [1.807, 2.05) is 6.07 Å². The first-order valence-corrected chi connectivity index (χ1v) is 9.38. The maximum Gasteiger partial charge on any atom is 0.251 e. The van der Waals surface area contributed by atoms with E-state index in [2.05, 4.69) is 5.32 Å². The van der Waals surface area contributed by atoms with Crippen molar-refractivity contribution in [2.45, 2.75) is 12.8 Å². The fraction of sp³-hybridized carbons (Fsp3) is 0.318. The maximum absolute atomic E-state index is 12.6. The molecule has 0 aromatic heterocycles. The number of ether oxygens (including phenoxy) is 1. The normalized spacial score (nSPS) is 14.4. The van der Waals surface area contributed by atoms with Crippen LogP contribution in [0.15, 0.2) is 54.6 Å². The Morgan fingerprint density at radius 1 is 0.964 bits per heavy atom.